The highest BCUT2D eigenvalue weighted by Gasteiger charge is 2.42. The molecule has 0 saturated carbocycles. The zero-order valence-electron chi connectivity index (χ0n) is 20.7. The number of halogens is 3. The summed E-state index contributed by atoms with van der Waals surface area (Å²) in [7, 11) is 0. The summed E-state index contributed by atoms with van der Waals surface area (Å²) in [6.07, 6.45) is 0. The fourth-order valence-electron chi connectivity index (χ4n) is 1.86. The molecule has 0 aromatic rings. The Kier molecular flexibility index (Phi) is 11.6. The zero-order chi connectivity index (χ0) is 26.5. The van der Waals surface area contributed by atoms with Crippen molar-refractivity contribution in [2.75, 3.05) is 26.4 Å². The predicted molar refractivity (Wildman–Crippen MR) is 135 cm³/mol. The molecule has 33 heavy (non-hydrogen) atoms. The number of rotatable bonds is 11. The minimum atomic E-state index is -1.34. The maximum Gasteiger partial charge on any atom is 0.322 e. The van der Waals surface area contributed by atoms with Gasteiger partial charge in [0.1, 0.15) is 44.8 Å². The van der Waals surface area contributed by atoms with Gasteiger partial charge in [0.25, 0.3) is 0 Å². The van der Waals surface area contributed by atoms with Crippen molar-refractivity contribution in [2.24, 2.45) is 10.8 Å². The normalized spacial score (nSPS) is 13.2. The Bertz CT molecular complexity index is 596. The number of esters is 4. The van der Waals surface area contributed by atoms with Crippen LogP contribution in [0.2, 0.25) is 0 Å². The fraction of sp³-hybridized carbons (Fsp3) is 0.818. The summed E-state index contributed by atoms with van der Waals surface area (Å²) in [5, 5.41) is 0. The van der Waals surface area contributed by atoms with Crippen LogP contribution in [-0.2, 0) is 38.1 Å². The molecule has 0 aliphatic rings. The summed E-state index contributed by atoms with van der Waals surface area (Å²) in [6.45, 7) is 13.4. The van der Waals surface area contributed by atoms with Crippen molar-refractivity contribution in [1.29, 1.82) is 0 Å². The summed E-state index contributed by atoms with van der Waals surface area (Å²) < 4.78 is 18.9. The number of hydrogen-bond acceptors (Lipinski definition) is 8. The van der Waals surface area contributed by atoms with E-state index in [0.29, 0.717) is 0 Å². The van der Waals surface area contributed by atoms with Crippen LogP contribution in [0.3, 0.4) is 0 Å². The number of hydrogen-bond donors (Lipinski definition) is 0. The summed E-state index contributed by atoms with van der Waals surface area (Å²) in [5.74, 6) is -2.28. The molecule has 0 spiro atoms. The molecule has 0 aromatic carbocycles. The molecule has 0 rings (SSSR count). The summed E-state index contributed by atoms with van der Waals surface area (Å²) in [6, 6.07) is 0. The average Bonchev–Trinajstić information content (AvgIpc) is 2.62. The van der Waals surface area contributed by atoms with Crippen molar-refractivity contribution < 1.29 is 38.1 Å². The third kappa shape index (κ3) is 12.0. The number of alkyl halides is 3. The van der Waals surface area contributed by atoms with Gasteiger partial charge in [-0.25, -0.2) is 0 Å². The standard InChI is InChI=1S/C22H35Br3O8/c1-18(2,3)14(26)30-10-22(11-31-15(27)19(4,5)23,12-32-16(28)20(6,7)24)13-33-17(29)21(8,9)25/h10-13H2,1-9H3. The largest absolute Gasteiger partial charge is 0.464 e. The van der Waals surface area contributed by atoms with Crippen LogP contribution in [0.1, 0.15) is 62.3 Å². The maximum absolute atomic E-state index is 12.4. The van der Waals surface area contributed by atoms with Crippen molar-refractivity contribution in [3.63, 3.8) is 0 Å². The van der Waals surface area contributed by atoms with Gasteiger partial charge in [-0.2, -0.15) is 0 Å². The SMILES string of the molecule is CC(C)(C)C(=O)OCC(COC(=O)C(C)(C)Br)(COC(=O)C(C)(C)Br)COC(=O)C(C)(C)Br. The lowest BCUT2D eigenvalue weighted by molar-refractivity contribution is -0.175. The molecule has 0 bridgehead atoms. The van der Waals surface area contributed by atoms with E-state index >= 15 is 0 Å². The Morgan fingerprint density at radius 1 is 0.485 bits per heavy atom. The minimum absolute atomic E-state index is 0.314. The van der Waals surface area contributed by atoms with Crippen molar-refractivity contribution in [2.45, 2.75) is 75.3 Å². The van der Waals surface area contributed by atoms with Gasteiger partial charge in [-0.3, -0.25) is 19.2 Å². The van der Waals surface area contributed by atoms with Crippen LogP contribution >= 0.6 is 47.8 Å². The number of ether oxygens (including phenoxy) is 4. The molecule has 0 unspecified atom stereocenters. The molecule has 0 amide bonds. The van der Waals surface area contributed by atoms with Crippen molar-refractivity contribution in [1.82, 2.24) is 0 Å². The van der Waals surface area contributed by atoms with Gasteiger partial charge in [-0.1, -0.05) is 47.8 Å². The van der Waals surface area contributed by atoms with Crippen LogP contribution in [0.4, 0.5) is 0 Å². The van der Waals surface area contributed by atoms with Crippen LogP contribution in [-0.4, -0.2) is 63.3 Å². The van der Waals surface area contributed by atoms with E-state index in [2.05, 4.69) is 47.8 Å². The van der Waals surface area contributed by atoms with E-state index in [0.717, 1.165) is 0 Å². The maximum atomic E-state index is 12.4. The smallest absolute Gasteiger partial charge is 0.322 e. The summed E-state index contributed by atoms with van der Waals surface area (Å²) in [5.41, 5.74) is -2.14. The van der Waals surface area contributed by atoms with Gasteiger partial charge in [-0.15, -0.1) is 0 Å². The molecule has 0 N–H and O–H groups in total. The highest BCUT2D eigenvalue weighted by atomic mass is 79.9. The third-order valence-electron chi connectivity index (χ3n) is 4.11. The first kappa shape index (κ1) is 32.3. The Morgan fingerprint density at radius 3 is 0.879 bits per heavy atom. The van der Waals surface area contributed by atoms with Crippen LogP contribution in [0.15, 0.2) is 0 Å². The average molecular weight is 667 g/mol. The van der Waals surface area contributed by atoms with Gasteiger partial charge < -0.3 is 18.9 Å². The van der Waals surface area contributed by atoms with Crippen molar-refractivity contribution in [3.05, 3.63) is 0 Å². The Hall–Kier alpha value is -0.680. The first-order chi connectivity index (χ1) is 14.5. The first-order valence-electron chi connectivity index (χ1n) is 10.3. The van der Waals surface area contributed by atoms with Gasteiger partial charge in [0.05, 0.1) is 5.41 Å². The summed E-state index contributed by atoms with van der Waals surface area (Å²) in [4.78, 5) is 49.6. The predicted octanol–water partition coefficient (Wildman–Crippen LogP) is 4.71. The van der Waals surface area contributed by atoms with E-state index in [1.807, 2.05) is 0 Å². The molecule has 0 radical (unpaired) electrons. The van der Waals surface area contributed by atoms with Crippen LogP contribution in [0.5, 0.6) is 0 Å². The first-order valence-corrected chi connectivity index (χ1v) is 12.6. The van der Waals surface area contributed by atoms with Crippen molar-refractivity contribution in [3.8, 4) is 0 Å². The van der Waals surface area contributed by atoms with E-state index in [4.69, 9.17) is 18.9 Å². The van der Waals surface area contributed by atoms with E-state index in [-0.39, 0.29) is 26.4 Å². The minimum Gasteiger partial charge on any atom is -0.464 e. The fourth-order valence-corrected chi connectivity index (χ4v) is 2.20. The molecular weight excluding hydrogens is 632 g/mol. The van der Waals surface area contributed by atoms with Gasteiger partial charge in [-0.05, 0) is 62.3 Å². The van der Waals surface area contributed by atoms with E-state index < -0.39 is 47.7 Å². The molecule has 0 saturated heterocycles. The second-order valence-electron chi connectivity index (χ2n) is 10.5. The van der Waals surface area contributed by atoms with Crippen LogP contribution in [0, 0.1) is 10.8 Å². The highest BCUT2D eigenvalue weighted by Crippen LogP contribution is 2.28. The van der Waals surface area contributed by atoms with Gasteiger partial charge in [0.15, 0.2) is 0 Å². The van der Waals surface area contributed by atoms with Crippen LogP contribution in [0.25, 0.3) is 0 Å². The third-order valence-corrected chi connectivity index (χ3v) is 5.08. The quantitative estimate of drug-likeness (QED) is 0.177. The lowest BCUT2D eigenvalue weighted by Crippen LogP contribution is -2.47. The molecule has 192 valence electrons. The Labute approximate surface area is 221 Å². The lowest BCUT2D eigenvalue weighted by atomic mass is 9.91. The molecule has 0 aromatic heterocycles. The molecule has 0 fully saturated rings. The van der Waals surface area contributed by atoms with E-state index in [9.17, 15) is 19.2 Å². The van der Waals surface area contributed by atoms with Crippen LogP contribution < -0.4 is 0 Å². The van der Waals surface area contributed by atoms with Gasteiger partial charge in [0.2, 0.25) is 0 Å². The molecule has 0 aliphatic carbocycles. The Balaban J connectivity index is 6.00. The van der Waals surface area contributed by atoms with Crippen molar-refractivity contribution >= 4 is 71.7 Å². The van der Waals surface area contributed by atoms with Gasteiger partial charge in [0, 0.05) is 0 Å². The monoisotopic (exact) mass is 664 g/mol. The lowest BCUT2D eigenvalue weighted by Gasteiger charge is -2.34. The van der Waals surface area contributed by atoms with E-state index in [1.54, 1.807) is 62.3 Å². The van der Waals surface area contributed by atoms with Gasteiger partial charge >= 0.3 is 23.9 Å². The second-order valence-corrected chi connectivity index (χ2v) is 16.4. The van der Waals surface area contributed by atoms with E-state index in [1.165, 1.54) is 0 Å². The Morgan fingerprint density at radius 2 is 0.697 bits per heavy atom. The molecule has 11 heteroatoms. The summed E-state index contributed by atoms with van der Waals surface area (Å²) >= 11 is 9.70. The molecule has 0 heterocycles. The molecule has 8 nitrogen and oxygen atoms in total. The number of carbonyl (C=O) groups is 4. The molecular formula is C22H35Br3O8. The topological polar surface area (TPSA) is 105 Å². The highest BCUT2D eigenvalue weighted by molar-refractivity contribution is 9.10. The second kappa shape index (κ2) is 11.8. The molecule has 0 atom stereocenters. The zero-order valence-corrected chi connectivity index (χ0v) is 25.5. The number of carbonyl (C=O) groups excluding carboxylic acids is 4. The molecule has 0 aliphatic heterocycles.